The second-order valence-electron chi connectivity index (χ2n) is 5.68. The van der Waals surface area contributed by atoms with Crippen LogP contribution in [-0.4, -0.2) is 65.2 Å². The van der Waals surface area contributed by atoms with Crippen molar-refractivity contribution in [1.82, 2.24) is 25.2 Å². The molecule has 0 bridgehead atoms. The number of nitrogens with zero attached hydrogens (tertiary/aromatic N) is 4. The van der Waals surface area contributed by atoms with Gasteiger partial charge in [-0.15, -0.1) is 0 Å². The summed E-state index contributed by atoms with van der Waals surface area (Å²) in [6, 6.07) is 5.33. The van der Waals surface area contributed by atoms with Crippen LogP contribution < -0.4 is 10.6 Å². The minimum absolute atomic E-state index is 0.226. The van der Waals surface area contributed by atoms with Gasteiger partial charge in [-0.3, -0.25) is 14.7 Å². The number of anilines is 1. The Morgan fingerprint density at radius 1 is 1.16 bits per heavy atom. The lowest BCUT2D eigenvalue weighted by Gasteiger charge is -2.26. The topological polar surface area (TPSA) is 92.3 Å². The molecule has 3 rings (SSSR count). The summed E-state index contributed by atoms with van der Waals surface area (Å²) in [6.07, 6.45) is 4.98. The van der Waals surface area contributed by atoms with E-state index in [9.17, 15) is 4.79 Å². The molecule has 0 radical (unpaired) electrons. The number of ether oxygens (including phenoxy) is 1. The maximum Gasteiger partial charge on any atom is 0.270 e. The highest BCUT2D eigenvalue weighted by molar-refractivity contribution is 5.92. The third-order valence-electron chi connectivity index (χ3n) is 3.91. The fraction of sp³-hybridized carbons (Fsp3) is 0.412. The lowest BCUT2D eigenvalue weighted by molar-refractivity contribution is 0.0398. The van der Waals surface area contributed by atoms with E-state index in [0.29, 0.717) is 18.2 Å². The van der Waals surface area contributed by atoms with Gasteiger partial charge >= 0.3 is 0 Å². The second kappa shape index (κ2) is 9.05. The molecule has 0 aliphatic carbocycles. The summed E-state index contributed by atoms with van der Waals surface area (Å²) in [5, 5.41) is 6.01. The van der Waals surface area contributed by atoms with Crippen molar-refractivity contribution in [2.75, 3.05) is 44.7 Å². The number of rotatable bonds is 7. The molecule has 1 saturated heterocycles. The summed E-state index contributed by atoms with van der Waals surface area (Å²) in [6.45, 7) is 5.51. The van der Waals surface area contributed by atoms with E-state index in [4.69, 9.17) is 4.74 Å². The van der Waals surface area contributed by atoms with Crippen LogP contribution in [0.15, 0.2) is 36.8 Å². The van der Waals surface area contributed by atoms with Crippen LogP contribution >= 0.6 is 0 Å². The fourth-order valence-corrected chi connectivity index (χ4v) is 2.49. The summed E-state index contributed by atoms with van der Waals surface area (Å²) in [4.78, 5) is 26.9. The molecule has 25 heavy (non-hydrogen) atoms. The number of pyridine rings is 1. The van der Waals surface area contributed by atoms with Gasteiger partial charge in [0.05, 0.1) is 13.2 Å². The molecule has 0 atom stereocenters. The molecular weight excluding hydrogens is 320 g/mol. The van der Waals surface area contributed by atoms with Gasteiger partial charge in [0.2, 0.25) is 5.95 Å². The Labute approximate surface area is 146 Å². The van der Waals surface area contributed by atoms with Crippen molar-refractivity contribution < 1.29 is 9.53 Å². The largest absolute Gasteiger partial charge is 0.379 e. The van der Waals surface area contributed by atoms with Crippen LogP contribution in [0.25, 0.3) is 0 Å². The SMILES string of the molecule is O=C(NCc1ccncc1)c1ccnc(NCCN2CCOCC2)n1. The molecule has 0 saturated carbocycles. The second-order valence-corrected chi connectivity index (χ2v) is 5.68. The zero-order valence-electron chi connectivity index (χ0n) is 14.0. The number of aromatic nitrogens is 3. The molecule has 1 fully saturated rings. The first-order valence-electron chi connectivity index (χ1n) is 8.35. The Morgan fingerprint density at radius 2 is 1.96 bits per heavy atom. The minimum Gasteiger partial charge on any atom is -0.379 e. The first-order valence-corrected chi connectivity index (χ1v) is 8.35. The van der Waals surface area contributed by atoms with Gasteiger partial charge < -0.3 is 15.4 Å². The van der Waals surface area contributed by atoms with Crippen LogP contribution in [0.1, 0.15) is 16.1 Å². The monoisotopic (exact) mass is 342 g/mol. The van der Waals surface area contributed by atoms with Gasteiger partial charge in [0.25, 0.3) is 5.91 Å². The van der Waals surface area contributed by atoms with E-state index in [-0.39, 0.29) is 5.91 Å². The average molecular weight is 342 g/mol. The molecule has 2 aromatic heterocycles. The van der Waals surface area contributed by atoms with E-state index >= 15 is 0 Å². The molecule has 1 aliphatic rings. The summed E-state index contributed by atoms with van der Waals surface area (Å²) in [7, 11) is 0. The Bertz CT molecular complexity index is 676. The van der Waals surface area contributed by atoms with E-state index < -0.39 is 0 Å². The first-order chi connectivity index (χ1) is 12.3. The smallest absolute Gasteiger partial charge is 0.270 e. The van der Waals surface area contributed by atoms with Gasteiger partial charge in [0, 0.05) is 51.3 Å². The lowest BCUT2D eigenvalue weighted by atomic mass is 10.2. The molecule has 1 amide bonds. The third-order valence-corrected chi connectivity index (χ3v) is 3.91. The normalized spacial score (nSPS) is 14.9. The molecular formula is C17H22N6O2. The molecule has 2 N–H and O–H groups in total. The number of carbonyl (C=O) groups excluding carboxylic acids is 1. The van der Waals surface area contributed by atoms with Crippen molar-refractivity contribution in [3.8, 4) is 0 Å². The molecule has 0 aromatic carbocycles. The van der Waals surface area contributed by atoms with Gasteiger partial charge in [-0.05, 0) is 23.8 Å². The molecule has 8 nitrogen and oxygen atoms in total. The summed E-state index contributed by atoms with van der Waals surface area (Å²) < 4.78 is 5.33. The fourth-order valence-electron chi connectivity index (χ4n) is 2.49. The highest BCUT2D eigenvalue weighted by Gasteiger charge is 2.11. The molecule has 0 unspecified atom stereocenters. The van der Waals surface area contributed by atoms with Gasteiger partial charge in [-0.1, -0.05) is 0 Å². The lowest BCUT2D eigenvalue weighted by Crippen LogP contribution is -2.39. The molecule has 132 valence electrons. The van der Waals surface area contributed by atoms with E-state index in [0.717, 1.165) is 45.0 Å². The molecule has 1 aliphatic heterocycles. The molecule has 0 spiro atoms. The van der Waals surface area contributed by atoms with Crippen LogP contribution in [0.4, 0.5) is 5.95 Å². The van der Waals surface area contributed by atoms with Gasteiger partial charge in [0.1, 0.15) is 5.69 Å². The van der Waals surface area contributed by atoms with Crippen molar-refractivity contribution in [2.24, 2.45) is 0 Å². The highest BCUT2D eigenvalue weighted by Crippen LogP contribution is 2.03. The van der Waals surface area contributed by atoms with E-state index in [1.807, 2.05) is 12.1 Å². The minimum atomic E-state index is -0.226. The number of hydrogen-bond acceptors (Lipinski definition) is 7. The van der Waals surface area contributed by atoms with Crippen molar-refractivity contribution in [3.63, 3.8) is 0 Å². The Morgan fingerprint density at radius 3 is 2.76 bits per heavy atom. The predicted molar refractivity (Wildman–Crippen MR) is 93.2 cm³/mol. The van der Waals surface area contributed by atoms with Gasteiger partial charge in [0.15, 0.2) is 0 Å². The Kier molecular flexibility index (Phi) is 6.24. The standard InChI is InChI=1S/C17H22N6O2/c24-16(21-13-14-1-4-18-5-2-14)15-3-6-19-17(22-15)20-7-8-23-9-11-25-12-10-23/h1-6H,7-13H2,(H,21,24)(H,19,20,22). The molecule has 2 aromatic rings. The van der Waals surface area contributed by atoms with Crippen molar-refractivity contribution >= 4 is 11.9 Å². The highest BCUT2D eigenvalue weighted by atomic mass is 16.5. The van der Waals surface area contributed by atoms with Gasteiger partial charge in [-0.2, -0.15) is 0 Å². The van der Waals surface area contributed by atoms with Crippen molar-refractivity contribution in [2.45, 2.75) is 6.54 Å². The number of amides is 1. The summed E-state index contributed by atoms with van der Waals surface area (Å²) in [5.74, 6) is 0.236. The quantitative estimate of drug-likeness (QED) is 0.759. The van der Waals surface area contributed by atoms with E-state index in [1.165, 1.54) is 0 Å². The van der Waals surface area contributed by atoms with Gasteiger partial charge in [-0.25, -0.2) is 9.97 Å². The zero-order chi connectivity index (χ0) is 17.3. The number of nitrogens with one attached hydrogen (secondary N) is 2. The maximum atomic E-state index is 12.2. The van der Waals surface area contributed by atoms with Crippen LogP contribution in [-0.2, 0) is 11.3 Å². The maximum absolute atomic E-state index is 12.2. The number of carbonyl (C=O) groups is 1. The Balaban J connectivity index is 1.47. The van der Waals surface area contributed by atoms with Crippen molar-refractivity contribution in [3.05, 3.63) is 48.0 Å². The van der Waals surface area contributed by atoms with Crippen molar-refractivity contribution in [1.29, 1.82) is 0 Å². The Hall–Kier alpha value is -2.58. The summed E-state index contributed by atoms with van der Waals surface area (Å²) >= 11 is 0. The van der Waals surface area contributed by atoms with Crippen LogP contribution in [0.3, 0.4) is 0 Å². The molecule has 3 heterocycles. The first kappa shape index (κ1) is 17.2. The average Bonchev–Trinajstić information content (AvgIpc) is 2.68. The van der Waals surface area contributed by atoms with Crippen LogP contribution in [0.5, 0.6) is 0 Å². The van der Waals surface area contributed by atoms with E-state index in [2.05, 4.69) is 30.5 Å². The number of morpholine rings is 1. The molecule has 8 heteroatoms. The number of hydrogen-bond donors (Lipinski definition) is 2. The summed E-state index contributed by atoms with van der Waals surface area (Å²) in [5.41, 5.74) is 1.33. The third kappa shape index (κ3) is 5.47. The van der Waals surface area contributed by atoms with Crippen LogP contribution in [0, 0.1) is 0 Å². The van der Waals surface area contributed by atoms with Crippen LogP contribution in [0.2, 0.25) is 0 Å². The predicted octanol–water partition coefficient (Wildman–Crippen LogP) is 0.546. The zero-order valence-corrected chi connectivity index (χ0v) is 14.0. The van der Waals surface area contributed by atoms with E-state index in [1.54, 1.807) is 24.7 Å².